The van der Waals surface area contributed by atoms with Crippen molar-refractivity contribution >= 4 is 16.8 Å². The molecule has 6 nitrogen and oxygen atoms in total. The van der Waals surface area contributed by atoms with Gasteiger partial charge in [-0.25, -0.2) is 0 Å². The van der Waals surface area contributed by atoms with E-state index in [0.29, 0.717) is 6.54 Å². The SMILES string of the molecule is COc1ccc2c(c1)c(CN1CCC(C(=O)NCC3CCCO3)CC1)cn2C. The number of aromatic nitrogens is 1. The van der Waals surface area contributed by atoms with Crippen molar-refractivity contribution in [2.75, 3.05) is 33.4 Å². The highest BCUT2D eigenvalue weighted by Crippen LogP contribution is 2.28. The molecular formula is C22H31N3O3. The minimum Gasteiger partial charge on any atom is -0.497 e. The Morgan fingerprint density at radius 1 is 1.29 bits per heavy atom. The summed E-state index contributed by atoms with van der Waals surface area (Å²) in [5, 5.41) is 4.35. The van der Waals surface area contributed by atoms with Gasteiger partial charge in [-0.05, 0) is 62.5 Å². The van der Waals surface area contributed by atoms with Gasteiger partial charge in [-0.2, -0.15) is 0 Å². The van der Waals surface area contributed by atoms with Crippen LogP contribution in [0.4, 0.5) is 0 Å². The maximum Gasteiger partial charge on any atom is 0.223 e. The van der Waals surface area contributed by atoms with Gasteiger partial charge in [-0.15, -0.1) is 0 Å². The zero-order valence-electron chi connectivity index (χ0n) is 16.9. The molecule has 28 heavy (non-hydrogen) atoms. The number of benzene rings is 1. The van der Waals surface area contributed by atoms with Gasteiger partial charge in [-0.3, -0.25) is 9.69 Å². The number of fused-ring (bicyclic) bond motifs is 1. The van der Waals surface area contributed by atoms with Crippen LogP contribution in [0.5, 0.6) is 5.75 Å². The number of likely N-dealkylation sites (tertiary alicyclic amines) is 1. The molecule has 0 radical (unpaired) electrons. The van der Waals surface area contributed by atoms with Gasteiger partial charge in [0.25, 0.3) is 0 Å². The molecule has 1 aromatic carbocycles. The van der Waals surface area contributed by atoms with Crippen LogP contribution < -0.4 is 10.1 Å². The fraction of sp³-hybridized carbons (Fsp3) is 0.591. The highest BCUT2D eigenvalue weighted by Gasteiger charge is 2.26. The lowest BCUT2D eigenvalue weighted by atomic mass is 9.95. The molecule has 152 valence electrons. The Hall–Kier alpha value is -2.05. The zero-order valence-corrected chi connectivity index (χ0v) is 16.9. The summed E-state index contributed by atoms with van der Waals surface area (Å²) in [5.74, 6) is 1.22. The lowest BCUT2D eigenvalue weighted by Crippen LogP contribution is -2.42. The number of methoxy groups -OCH3 is 1. The number of amides is 1. The zero-order chi connectivity index (χ0) is 19.5. The molecule has 3 heterocycles. The number of nitrogens with one attached hydrogen (secondary N) is 1. The van der Waals surface area contributed by atoms with E-state index in [9.17, 15) is 4.79 Å². The van der Waals surface area contributed by atoms with E-state index in [1.165, 1.54) is 16.5 Å². The van der Waals surface area contributed by atoms with Gasteiger partial charge in [0.1, 0.15) is 5.75 Å². The minimum atomic E-state index is 0.130. The van der Waals surface area contributed by atoms with Crippen molar-refractivity contribution in [3.63, 3.8) is 0 Å². The van der Waals surface area contributed by atoms with Crippen LogP contribution in [0.25, 0.3) is 10.9 Å². The molecule has 0 spiro atoms. The molecule has 1 unspecified atom stereocenters. The van der Waals surface area contributed by atoms with Crippen LogP contribution in [-0.4, -0.2) is 54.8 Å². The highest BCUT2D eigenvalue weighted by molar-refractivity contribution is 5.85. The lowest BCUT2D eigenvalue weighted by Gasteiger charge is -2.31. The van der Waals surface area contributed by atoms with E-state index < -0.39 is 0 Å². The molecule has 0 bridgehead atoms. The summed E-state index contributed by atoms with van der Waals surface area (Å²) in [7, 11) is 3.79. The number of piperidine rings is 1. The van der Waals surface area contributed by atoms with Crippen LogP contribution in [0.3, 0.4) is 0 Å². The average molecular weight is 386 g/mol. The monoisotopic (exact) mass is 385 g/mol. The van der Waals surface area contributed by atoms with E-state index in [1.54, 1.807) is 7.11 Å². The predicted molar refractivity (Wildman–Crippen MR) is 109 cm³/mol. The second kappa shape index (κ2) is 8.53. The molecule has 1 N–H and O–H groups in total. The third-order valence-electron chi connectivity index (χ3n) is 6.16. The maximum absolute atomic E-state index is 12.5. The summed E-state index contributed by atoms with van der Waals surface area (Å²) in [6.07, 6.45) is 6.45. The summed E-state index contributed by atoms with van der Waals surface area (Å²) in [6.45, 7) is 4.32. The maximum atomic E-state index is 12.5. The molecule has 1 aromatic heterocycles. The molecule has 0 saturated carbocycles. The Kier molecular flexibility index (Phi) is 5.87. The van der Waals surface area contributed by atoms with E-state index in [-0.39, 0.29) is 17.9 Å². The molecule has 2 saturated heterocycles. The molecular weight excluding hydrogens is 354 g/mol. The Bertz CT molecular complexity index is 818. The van der Waals surface area contributed by atoms with Gasteiger partial charge in [-0.1, -0.05) is 0 Å². The fourth-order valence-corrected chi connectivity index (χ4v) is 4.46. The number of carbonyl (C=O) groups excluding carboxylic acids is 1. The van der Waals surface area contributed by atoms with Crippen LogP contribution in [0.15, 0.2) is 24.4 Å². The smallest absolute Gasteiger partial charge is 0.223 e. The van der Waals surface area contributed by atoms with Crippen molar-refractivity contribution in [1.82, 2.24) is 14.8 Å². The first kappa shape index (κ1) is 19.3. The summed E-state index contributed by atoms with van der Waals surface area (Å²) >= 11 is 0. The Balaban J connectivity index is 1.32. The van der Waals surface area contributed by atoms with Gasteiger partial charge < -0.3 is 19.4 Å². The van der Waals surface area contributed by atoms with E-state index in [0.717, 1.165) is 57.7 Å². The van der Waals surface area contributed by atoms with E-state index in [1.807, 2.05) is 6.07 Å². The first-order chi connectivity index (χ1) is 13.6. The average Bonchev–Trinajstić information content (AvgIpc) is 3.35. The normalized spacial score (nSPS) is 21.3. The van der Waals surface area contributed by atoms with E-state index in [4.69, 9.17) is 9.47 Å². The molecule has 2 aromatic rings. The molecule has 2 fully saturated rings. The third-order valence-corrected chi connectivity index (χ3v) is 6.16. The Morgan fingerprint density at radius 3 is 2.82 bits per heavy atom. The van der Waals surface area contributed by atoms with Crippen molar-refractivity contribution in [3.8, 4) is 5.75 Å². The molecule has 2 aliphatic rings. The number of rotatable bonds is 6. The van der Waals surface area contributed by atoms with Gasteiger partial charge in [0, 0.05) is 49.8 Å². The number of aryl methyl sites for hydroxylation is 1. The molecule has 1 atom stereocenters. The number of hydrogen-bond acceptors (Lipinski definition) is 4. The van der Waals surface area contributed by atoms with Crippen molar-refractivity contribution in [2.24, 2.45) is 13.0 Å². The molecule has 6 heteroatoms. The third kappa shape index (κ3) is 4.18. The summed E-state index contributed by atoms with van der Waals surface area (Å²) in [5.41, 5.74) is 2.54. The van der Waals surface area contributed by atoms with Crippen molar-refractivity contribution in [1.29, 1.82) is 0 Å². The summed E-state index contributed by atoms with van der Waals surface area (Å²) < 4.78 is 13.2. The lowest BCUT2D eigenvalue weighted by molar-refractivity contribution is -0.127. The number of carbonyl (C=O) groups is 1. The minimum absolute atomic E-state index is 0.130. The molecule has 1 amide bonds. The second-order valence-electron chi connectivity index (χ2n) is 8.08. The molecule has 2 aliphatic heterocycles. The van der Waals surface area contributed by atoms with Gasteiger partial charge >= 0.3 is 0 Å². The second-order valence-corrected chi connectivity index (χ2v) is 8.08. The van der Waals surface area contributed by atoms with Gasteiger partial charge in [0.05, 0.1) is 13.2 Å². The predicted octanol–water partition coefficient (Wildman–Crippen LogP) is 2.69. The molecule has 4 rings (SSSR count). The molecule has 0 aliphatic carbocycles. The van der Waals surface area contributed by atoms with Crippen LogP contribution in [0.1, 0.15) is 31.2 Å². The Morgan fingerprint density at radius 2 is 2.11 bits per heavy atom. The van der Waals surface area contributed by atoms with Crippen molar-refractivity contribution in [2.45, 2.75) is 38.3 Å². The van der Waals surface area contributed by atoms with Gasteiger partial charge in [0.15, 0.2) is 0 Å². The van der Waals surface area contributed by atoms with Crippen LogP contribution in [0, 0.1) is 5.92 Å². The topological polar surface area (TPSA) is 55.7 Å². The first-order valence-corrected chi connectivity index (χ1v) is 10.4. The number of nitrogens with zero attached hydrogens (tertiary/aromatic N) is 2. The van der Waals surface area contributed by atoms with E-state index >= 15 is 0 Å². The van der Waals surface area contributed by atoms with Crippen LogP contribution in [0.2, 0.25) is 0 Å². The van der Waals surface area contributed by atoms with Gasteiger partial charge in [0.2, 0.25) is 5.91 Å². The summed E-state index contributed by atoms with van der Waals surface area (Å²) in [6, 6.07) is 6.24. The van der Waals surface area contributed by atoms with Crippen molar-refractivity contribution in [3.05, 3.63) is 30.0 Å². The fourth-order valence-electron chi connectivity index (χ4n) is 4.46. The number of hydrogen-bond donors (Lipinski definition) is 1. The largest absolute Gasteiger partial charge is 0.497 e. The van der Waals surface area contributed by atoms with Crippen LogP contribution >= 0.6 is 0 Å². The van der Waals surface area contributed by atoms with E-state index in [2.05, 4.69) is 40.2 Å². The Labute approximate surface area is 166 Å². The van der Waals surface area contributed by atoms with Crippen molar-refractivity contribution < 1.29 is 14.3 Å². The summed E-state index contributed by atoms with van der Waals surface area (Å²) in [4.78, 5) is 14.9. The number of ether oxygens (including phenoxy) is 2. The first-order valence-electron chi connectivity index (χ1n) is 10.4. The highest BCUT2D eigenvalue weighted by atomic mass is 16.5. The van der Waals surface area contributed by atoms with Crippen LogP contribution in [-0.2, 0) is 23.1 Å². The standard InChI is InChI=1S/C22H31N3O3/c1-24-14-17(20-12-18(27-2)5-6-21(20)24)15-25-9-7-16(8-10-25)22(26)23-13-19-4-3-11-28-19/h5-6,12,14,16,19H,3-4,7-11,13,15H2,1-2H3,(H,23,26). The quantitative estimate of drug-likeness (QED) is 0.831.